The highest BCUT2D eigenvalue weighted by atomic mass is 16.1. The Kier molecular flexibility index (Phi) is 1.44. The van der Waals surface area contributed by atoms with Crippen LogP contribution in [0, 0.1) is 21.7 Å². The van der Waals surface area contributed by atoms with Crippen molar-refractivity contribution in [3.8, 4) is 0 Å². The van der Waals surface area contributed by atoms with Crippen LogP contribution in [0.3, 0.4) is 0 Å². The van der Waals surface area contributed by atoms with Gasteiger partial charge in [-0.2, -0.15) is 0 Å². The molecule has 3 aliphatic carbocycles. The fourth-order valence-electron chi connectivity index (χ4n) is 5.15. The van der Waals surface area contributed by atoms with Gasteiger partial charge >= 0.3 is 0 Å². The summed E-state index contributed by atoms with van der Waals surface area (Å²) in [5.41, 5.74) is 2.32. The van der Waals surface area contributed by atoms with Crippen LogP contribution >= 0.6 is 0 Å². The van der Waals surface area contributed by atoms with Gasteiger partial charge in [0.25, 0.3) is 0 Å². The van der Waals surface area contributed by atoms with Crippen LogP contribution in [0.2, 0.25) is 0 Å². The lowest BCUT2D eigenvalue weighted by Crippen LogP contribution is -2.31. The van der Waals surface area contributed by atoms with Crippen LogP contribution < -0.4 is 0 Å². The molecule has 0 aliphatic heterocycles. The van der Waals surface area contributed by atoms with E-state index in [9.17, 15) is 4.79 Å². The smallest absolute Gasteiger partial charge is 0.130 e. The second-order valence-electron chi connectivity index (χ2n) is 7.79. The number of ketones is 1. The molecule has 3 fully saturated rings. The maximum Gasteiger partial charge on any atom is 0.130 e. The summed E-state index contributed by atoms with van der Waals surface area (Å²) < 4.78 is 0. The highest BCUT2D eigenvalue weighted by Gasteiger charge is 2.95. The summed E-state index contributed by atoms with van der Waals surface area (Å²) in [4.78, 5) is 11.2. The second kappa shape index (κ2) is 2.19. The summed E-state index contributed by atoms with van der Waals surface area (Å²) in [6, 6.07) is 0. The molecular formula is C14H22O. The van der Waals surface area contributed by atoms with Crippen molar-refractivity contribution in [1.82, 2.24) is 0 Å². The van der Waals surface area contributed by atoms with Crippen LogP contribution in [-0.2, 0) is 4.79 Å². The molecule has 0 aromatic carbocycles. The molecule has 15 heavy (non-hydrogen) atoms. The average Bonchev–Trinajstić information content (AvgIpc) is 2.64. The minimum Gasteiger partial charge on any atom is -0.300 e. The zero-order valence-electron chi connectivity index (χ0n) is 10.4. The summed E-state index contributed by atoms with van der Waals surface area (Å²) in [7, 11) is 0. The van der Waals surface area contributed by atoms with Gasteiger partial charge in [0, 0.05) is 6.42 Å². The van der Waals surface area contributed by atoms with E-state index in [0.717, 1.165) is 6.42 Å². The van der Waals surface area contributed by atoms with Gasteiger partial charge in [-0.3, -0.25) is 0 Å². The van der Waals surface area contributed by atoms with Crippen LogP contribution in [0.5, 0.6) is 0 Å². The predicted octanol–water partition coefficient (Wildman–Crippen LogP) is 3.57. The topological polar surface area (TPSA) is 17.1 Å². The summed E-state index contributed by atoms with van der Waals surface area (Å²) in [5.74, 6) is 0.406. The lowest BCUT2D eigenvalue weighted by atomic mass is 9.66. The molecule has 1 spiro atoms. The standard InChI is InChI=1S/C14H22O/c1-10(15)5-12-7-13(6-11(2,3)4)9-14(12,13)8-12/h5-9H2,1-4H3. The lowest BCUT2D eigenvalue weighted by molar-refractivity contribution is -0.119. The first-order valence-electron chi connectivity index (χ1n) is 6.24. The maximum atomic E-state index is 11.2. The first-order chi connectivity index (χ1) is 6.74. The van der Waals surface area contributed by atoms with Gasteiger partial charge in [0.1, 0.15) is 5.78 Å². The van der Waals surface area contributed by atoms with E-state index in [0.29, 0.717) is 27.4 Å². The van der Waals surface area contributed by atoms with E-state index in [4.69, 9.17) is 0 Å². The van der Waals surface area contributed by atoms with E-state index in [-0.39, 0.29) is 0 Å². The van der Waals surface area contributed by atoms with Crippen molar-refractivity contribution in [1.29, 1.82) is 0 Å². The molecule has 0 aromatic heterocycles. The third kappa shape index (κ3) is 1.02. The predicted molar refractivity (Wildman–Crippen MR) is 60.5 cm³/mol. The molecule has 3 saturated carbocycles. The molecule has 0 N–H and O–H groups in total. The average molecular weight is 206 g/mol. The highest BCUT2D eigenvalue weighted by Crippen LogP contribution is 3.02. The SMILES string of the molecule is CC(=O)CC12CC3(CC(C)(C)C)CC13C2. The Balaban J connectivity index is 1.69. The van der Waals surface area contributed by atoms with Gasteiger partial charge in [0.05, 0.1) is 0 Å². The maximum absolute atomic E-state index is 11.2. The minimum absolute atomic E-state index is 0.406. The molecular weight excluding hydrogens is 184 g/mol. The van der Waals surface area contributed by atoms with E-state index < -0.39 is 0 Å². The summed E-state index contributed by atoms with van der Waals surface area (Å²) in [5, 5.41) is 0. The quantitative estimate of drug-likeness (QED) is 0.690. The fourth-order valence-corrected chi connectivity index (χ4v) is 5.15. The Morgan fingerprint density at radius 3 is 2.20 bits per heavy atom. The molecule has 84 valence electrons. The van der Waals surface area contributed by atoms with Crippen LogP contribution in [0.25, 0.3) is 0 Å². The summed E-state index contributed by atoms with van der Waals surface area (Å²) >= 11 is 0. The summed E-state index contributed by atoms with van der Waals surface area (Å²) in [6.45, 7) is 8.80. The Morgan fingerprint density at radius 2 is 1.73 bits per heavy atom. The van der Waals surface area contributed by atoms with Gasteiger partial charge in [-0.25, -0.2) is 0 Å². The Hall–Kier alpha value is -0.330. The van der Waals surface area contributed by atoms with E-state index in [1.165, 1.54) is 25.7 Å². The number of rotatable bonds is 3. The number of hydrogen-bond acceptors (Lipinski definition) is 1. The molecule has 1 heteroatoms. The van der Waals surface area contributed by atoms with Gasteiger partial charge in [0.15, 0.2) is 0 Å². The van der Waals surface area contributed by atoms with Crippen molar-refractivity contribution in [2.75, 3.05) is 0 Å². The van der Waals surface area contributed by atoms with Crippen molar-refractivity contribution < 1.29 is 4.79 Å². The Morgan fingerprint density at radius 1 is 1.13 bits per heavy atom. The molecule has 3 unspecified atom stereocenters. The van der Waals surface area contributed by atoms with Crippen molar-refractivity contribution in [2.24, 2.45) is 21.7 Å². The molecule has 0 heterocycles. The van der Waals surface area contributed by atoms with Crippen molar-refractivity contribution in [3.63, 3.8) is 0 Å². The zero-order valence-corrected chi connectivity index (χ0v) is 10.4. The van der Waals surface area contributed by atoms with Crippen LogP contribution in [0.4, 0.5) is 0 Å². The summed E-state index contributed by atoms with van der Waals surface area (Å²) in [6.07, 6.45) is 6.41. The second-order valence-corrected chi connectivity index (χ2v) is 7.79. The largest absolute Gasteiger partial charge is 0.300 e. The molecule has 3 rings (SSSR count). The van der Waals surface area contributed by atoms with E-state index in [1.807, 2.05) is 0 Å². The van der Waals surface area contributed by atoms with E-state index in [1.54, 1.807) is 6.92 Å². The molecule has 0 radical (unpaired) electrons. The van der Waals surface area contributed by atoms with Gasteiger partial charge in [-0.15, -0.1) is 0 Å². The number of carbonyl (C=O) groups excluding carboxylic acids is 1. The monoisotopic (exact) mass is 206 g/mol. The molecule has 0 amide bonds. The van der Waals surface area contributed by atoms with Crippen molar-refractivity contribution >= 4 is 5.78 Å². The van der Waals surface area contributed by atoms with E-state index in [2.05, 4.69) is 20.8 Å². The third-order valence-electron chi connectivity index (χ3n) is 5.19. The zero-order chi connectivity index (χ0) is 11.1. The third-order valence-corrected chi connectivity index (χ3v) is 5.19. The van der Waals surface area contributed by atoms with Gasteiger partial charge < -0.3 is 4.79 Å². The molecule has 3 atom stereocenters. The number of carbonyl (C=O) groups is 1. The number of Topliss-reactive ketones (excluding diaryl/α,β-unsaturated/α-hetero) is 1. The fraction of sp³-hybridized carbons (Fsp3) is 0.929. The van der Waals surface area contributed by atoms with Crippen molar-refractivity contribution in [2.45, 2.75) is 59.8 Å². The van der Waals surface area contributed by atoms with Crippen LogP contribution in [-0.4, -0.2) is 5.78 Å². The van der Waals surface area contributed by atoms with Gasteiger partial charge in [0.2, 0.25) is 0 Å². The molecule has 3 aliphatic rings. The molecule has 1 nitrogen and oxygen atoms in total. The van der Waals surface area contributed by atoms with Crippen LogP contribution in [0.15, 0.2) is 0 Å². The first-order valence-corrected chi connectivity index (χ1v) is 6.24. The van der Waals surface area contributed by atoms with Gasteiger partial charge in [-0.1, -0.05) is 20.8 Å². The Labute approximate surface area is 92.6 Å². The highest BCUT2D eigenvalue weighted by molar-refractivity contribution is 5.78. The minimum atomic E-state index is 0.406. The number of hydrogen-bond donors (Lipinski definition) is 0. The normalized spacial score (nSPS) is 50.1. The molecule has 0 aromatic rings. The van der Waals surface area contributed by atoms with E-state index >= 15 is 0 Å². The van der Waals surface area contributed by atoms with Crippen molar-refractivity contribution in [3.05, 3.63) is 0 Å². The lowest BCUT2D eigenvalue weighted by Gasteiger charge is -2.38. The molecule has 0 saturated heterocycles. The first kappa shape index (κ1) is 9.86. The van der Waals surface area contributed by atoms with Gasteiger partial charge in [-0.05, 0) is 54.3 Å². The Bertz CT molecular complexity index is 351. The molecule has 0 bridgehead atoms. The van der Waals surface area contributed by atoms with Crippen LogP contribution in [0.1, 0.15) is 59.8 Å².